The first-order chi connectivity index (χ1) is 9.22. The second-order valence-corrected chi connectivity index (χ2v) is 4.57. The number of nitrogens with zero attached hydrogens (tertiary/aromatic N) is 1. The maximum atomic E-state index is 5.62. The van der Waals surface area contributed by atoms with Crippen molar-refractivity contribution in [1.29, 1.82) is 0 Å². The summed E-state index contributed by atoms with van der Waals surface area (Å²) in [4.78, 5) is 4.50. The molecule has 0 saturated carbocycles. The zero-order chi connectivity index (χ0) is 13.9. The molecule has 0 bridgehead atoms. The lowest BCUT2D eigenvalue weighted by Crippen LogP contribution is -2.41. The van der Waals surface area contributed by atoms with Gasteiger partial charge in [-0.2, -0.15) is 0 Å². The molecule has 4 nitrogen and oxygen atoms in total. The Morgan fingerprint density at radius 3 is 2.55 bits per heavy atom. The molecule has 0 radical (unpaired) electrons. The highest BCUT2D eigenvalue weighted by Crippen LogP contribution is 2.08. The Kier molecular flexibility index (Phi) is 11.2. The molecule has 1 aromatic carbocycles. The van der Waals surface area contributed by atoms with Gasteiger partial charge in [0.15, 0.2) is 5.96 Å². The molecule has 0 aliphatic heterocycles. The van der Waals surface area contributed by atoms with E-state index < -0.39 is 0 Å². The van der Waals surface area contributed by atoms with Gasteiger partial charge in [0.25, 0.3) is 0 Å². The van der Waals surface area contributed by atoms with Crippen molar-refractivity contribution in [3.63, 3.8) is 0 Å². The Hall–Kier alpha value is -0.980. The fourth-order valence-electron chi connectivity index (χ4n) is 1.56. The molecule has 0 heterocycles. The molecule has 1 rings (SSSR count). The van der Waals surface area contributed by atoms with Gasteiger partial charge < -0.3 is 15.4 Å². The smallest absolute Gasteiger partial charge is 0.191 e. The van der Waals surface area contributed by atoms with Crippen molar-refractivity contribution in [2.45, 2.75) is 33.2 Å². The van der Waals surface area contributed by atoms with Crippen LogP contribution in [0.4, 0.5) is 0 Å². The second kappa shape index (κ2) is 11.8. The lowest BCUT2D eigenvalue weighted by molar-refractivity contribution is 0.313. The van der Waals surface area contributed by atoms with Gasteiger partial charge in [-0.3, -0.25) is 4.99 Å². The van der Waals surface area contributed by atoms with Gasteiger partial charge in [-0.25, -0.2) is 0 Å². The first kappa shape index (κ1) is 19.0. The number of benzene rings is 1. The van der Waals surface area contributed by atoms with Crippen LogP contribution in [-0.4, -0.2) is 31.7 Å². The summed E-state index contributed by atoms with van der Waals surface area (Å²) in [5, 5.41) is 6.51. The number of para-hydroxylation sites is 1. The Bertz CT molecular complexity index is 369. The molecule has 0 fully saturated rings. The largest absolute Gasteiger partial charge is 0.494 e. The van der Waals surface area contributed by atoms with Crippen LogP contribution in [0.1, 0.15) is 27.2 Å². The predicted molar refractivity (Wildman–Crippen MR) is 96.2 cm³/mol. The van der Waals surface area contributed by atoms with Crippen molar-refractivity contribution in [3.05, 3.63) is 30.3 Å². The third-order valence-electron chi connectivity index (χ3n) is 2.35. The minimum Gasteiger partial charge on any atom is -0.494 e. The predicted octanol–water partition coefficient (Wildman–Crippen LogP) is 3.04. The molecule has 0 amide bonds. The number of nitrogens with one attached hydrogen (secondary N) is 2. The van der Waals surface area contributed by atoms with E-state index in [1.807, 2.05) is 30.3 Å². The molecule has 0 spiro atoms. The SMILES string of the molecule is CCNC(=NCCCOc1ccccc1)NC(C)C.I. The second-order valence-electron chi connectivity index (χ2n) is 4.57. The number of ether oxygens (including phenoxy) is 1. The van der Waals surface area contributed by atoms with Crippen LogP contribution >= 0.6 is 24.0 Å². The minimum absolute atomic E-state index is 0. The minimum atomic E-state index is 0. The van der Waals surface area contributed by atoms with Crippen LogP contribution < -0.4 is 15.4 Å². The normalized spacial score (nSPS) is 10.9. The van der Waals surface area contributed by atoms with Crippen molar-refractivity contribution < 1.29 is 4.74 Å². The molecule has 2 N–H and O–H groups in total. The summed E-state index contributed by atoms with van der Waals surface area (Å²) in [6.45, 7) is 8.59. The van der Waals surface area contributed by atoms with Gasteiger partial charge in [-0.1, -0.05) is 18.2 Å². The van der Waals surface area contributed by atoms with Crippen molar-refractivity contribution >= 4 is 29.9 Å². The van der Waals surface area contributed by atoms with E-state index in [9.17, 15) is 0 Å². The lowest BCUT2D eigenvalue weighted by atomic mass is 10.3. The molecule has 0 saturated heterocycles. The van der Waals surface area contributed by atoms with Crippen LogP contribution in [0.3, 0.4) is 0 Å². The third kappa shape index (κ3) is 9.01. The van der Waals surface area contributed by atoms with E-state index >= 15 is 0 Å². The van der Waals surface area contributed by atoms with E-state index in [1.54, 1.807) is 0 Å². The third-order valence-corrected chi connectivity index (χ3v) is 2.35. The maximum Gasteiger partial charge on any atom is 0.191 e. The van der Waals surface area contributed by atoms with Gasteiger partial charge >= 0.3 is 0 Å². The Labute approximate surface area is 139 Å². The zero-order valence-corrected chi connectivity index (χ0v) is 14.9. The molecule has 0 aliphatic carbocycles. The average molecular weight is 391 g/mol. The number of aliphatic imine (C=N–C) groups is 1. The van der Waals surface area contributed by atoms with E-state index in [-0.39, 0.29) is 24.0 Å². The Morgan fingerprint density at radius 1 is 1.25 bits per heavy atom. The fourth-order valence-corrected chi connectivity index (χ4v) is 1.56. The van der Waals surface area contributed by atoms with E-state index in [0.29, 0.717) is 12.6 Å². The number of halogens is 1. The van der Waals surface area contributed by atoms with Crippen LogP contribution in [0.5, 0.6) is 5.75 Å². The number of guanidine groups is 1. The summed E-state index contributed by atoms with van der Waals surface area (Å²) < 4.78 is 5.62. The Morgan fingerprint density at radius 2 is 1.95 bits per heavy atom. The van der Waals surface area contributed by atoms with Gasteiger partial charge in [0.1, 0.15) is 5.75 Å². The molecular formula is C15H26IN3O. The van der Waals surface area contributed by atoms with Gasteiger partial charge in [0.05, 0.1) is 6.61 Å². The summed E-state index contributed by atoms with van der Waals surface area (Å²) >= 11 is 0. The lowest BCUT2D eigenvalue weighted by Gasteiger charge is -2.13. The highest BCUT2D eigenvalue weighted by atomic mass is 127. The van der Waals surface area contributed by atoms with Gasteiger partial charge in [0, 0.05) is 25.6 Å². The van der Waals surface area contributed by atoms with E-state index in [0.717, 1.165) is 31.2 Å². The summed E-state index contributed by atoms with van der Waals surface area (Å²) in [5.74, 6) is 1.79. The number of hydrogen-bond acceptors (Lipinski definition) is 2. The Balaban J connectivity index is 0.00000361. The standard InChI is InChI=1S/C15H25N3O.HI/c1-4-16-15(18-13(2)3)17-11-8-12-19-14-9-6-5-7-10-14;/h5-7,9-10,13H,4,8,11-12H2,1-3H3,(H2,16,17,18);1H. The number of hydrogen-bond donors (Lipinski definition) is 2. The molecular weight excluding hydrogens is 365 g/mol. The van der Waals surface area contributed by atoms with Crippen molar-refractivity contribution in [3.8, 4) is 5.75 Å². The molecule has 20 heavy (non-hydrogen) atoms. The monoisotopic (exact) mass is 391 g/mol. The topological polar surface area (TPSA) is 45.7 Å². The molecule has 0 aliphatic rings. The number of rotatable bonds is 7. The zero-order valence-electron chi connectivity index (χ0n) is 12.6. The van der Waals surface area contributed by atoms with E-state index in [4.69, 9.17) is 4.74 Å². The molecule has 0 unspecified atom stereocenters. The average Bonchev–Trinajstić information content (AvgIpc) is 2.39. The first-order valence-electron chi connectivity index (χ1n) is 6.95. The van der Waals surface area contributed by atoms with Gasteiger partial charge in [0.2, 0.25) is 0 Å². The van der Waals surface area contributed by atoms with E-state index in [2.05, 4.69) is 36.4 Å². The van der Waals surface area contributed by atoms with Crippen LogP contribution in [0, 0.1) is 0 Å². The molecule has 5 heteroatoms. The fraction of sp³-hybridized carbons (Fsp3) is 0.533. The van der Waals surface area contributed by atoms with Crippen molar-refractivity contribution in [2.24, 2.45) is 4.99 Å². The van der Waals surface area contributed by atoms with E-state index in [1.165, 1.54) is 0 Å². The van der Waals surface area contributed by atoms with Crippen LogP contribution in [0.25, 0.3) is 0 Å². The van der Waals surface area contributed by atoms with Crippen LogP contribution in [0.2, 0.25) is 0 Å². The molecule has 1 aromatic rings. The van der Waals surface area contributed by atoms with Crippen LogP contribution in [-0.2, 0) is 0 Å². The summed E-state index contributed by atoms with van der Waals surface area (Å²) in [7, 11) is 0. The quantitative estimate of drug-likeness (QED) is 0.325. The highest BCUT2D eigenvalue weighted by molar-refractivity contribution is 14.0. The summed E-state index contributed by atoms with van der Waals surface area (Å²) in [5.41, 5.74) is 0. The van der Waals surface area contributed by atoms with Crippen molar-refractivity contribution in [1.82, 2.24) is 10.6 Å². The van der Waals surface area contributed by atoms with Crippen molar-refractivity contribution in [2.75, 3.05) is 19.7 Å². The first-order valence-corrected chi connectivity index (χ1v) is 6.95. The molecule has 0 aromatic heterocycles. The highest BCUT2D eigenvalue weighted by Gasteiger charge is 1.98. The van der Waals surface area contributed by atoms with Gasteiger partial charge in [-0.15, -0.1) is 24.0 Å². The van der Waals surface area contributed by atoms with Crippen LogP contribution in [0.15, 0.2) is 35.3 Å². The summed E-state index contributed by atoms with van der Waals surface area (Å²) in [6, 6.07) is 10.3. The van der Waals surface area contributed by atoms with Gasteiger partial charge in [-0.05, 0) is 32.9 Å². The maximum absolute atomic E-state index is 5.62. The molecule has 114 valence electrons. The molecule has 0 atom stereocenters. The summed E-state index contributed by atoms with van der Waals surface area (Å²) in [6.07, 6.45) is 0.906.